The molecule has 1 aliphatic rings. The number of anilines is 1. The zero-order chi connectivity index (χ0) is 14.9. The maximum atomic E-state index is 12.1. The van der Waals surface area contributed by atoms with Crippen molar-refractivity contribution in [3.05, 3.63) is 24.4 Å². The molecule has 1 aromatic rings. The van der Waals surface area contributed by atoms with E-state index in [2.05, 4.69) is 33.0 Å². The number of hydrogen-bond acceptors (Lipinski definition) is 5. The number of hydrogen-bond donors (Lipinski definition) is 3. The van der Waals surface area contributed by atoms with Gasteiger partial charge in [0, 0.05) is 18.8 Å². The number of amides is 1. The van der Waals surface area contributed by atoms with Crippen LogP contribution in [0.25, 0.3) is 0 Å². The second kappa shape index (κ2) is 8.59. The molecule has 0 aliphatic carbocycles. The average molecular weight is 291 g/mol. The summed E-state index contributed by atoms with van der Waals surface area (Å²) in [4.78, 5) is 18.5. The molecular weight excluding hydrogens is 266 g/mol. The van der Waals surface area contributed by atoms with Crippen molar-refractivity contribution in [1.82, 2.24) is 20.6 Å². The molecule has 6 nitrogen and oxygen atoms in total. The van der Waals surface area contributed by atoms with E-state index in [0.717, 1.165) is 32.5 Å². The van der Waals surface area contributed by atoms with Crippen LogP contribution in [0.5, 0.6) is 0 Å². The first-order valence-corrected chi connectivity index (χ1v) is 7.70. The van der Waals surface area contributed by atoms with Crippen LogP contribution in [-0.4, -0.2) is 48.0 Å². The molecular formula is C15H25N5O. The zero-order valence-corrected chi connectivity index (χ0v) is 12.6. The first kappa shape index (κ1) is 15.7. The Hall–Kier alpha value is -1.66. The first-order valence-electron chi connectivity index (χ1n) is 7.70. The molecule has 0 aromatic carbocycles. The summed E-state index contributed by atoms with van der Waals surface area (Å²) < 4.78 is 0. The van der Waals surface area contributed by atoms with Crippen molar-refractivity contribution in [2.24, 2.45) is 0 Å². The molecule has 6 heteroatoms. The van der Waals surface area contributed by atoms with Crippen molar-refractivity contribution in [2.45, 2.75) is 32.2 Å². The smallest absolute Gasteiger partial charge is 0.252 e. The van der Waals surface area contributed by atoms with Gasteiger partial charge in [-0.1, -0.05) is 13.0 Å². The largest absolute Gasteiger partial charge is 0.315 e. The van der Waals surface area contributed by atoms with Crippen LogP contribution >= 0.6 is 0 Å². The molecule has 0 bridgehead atoms. The van der Waals surface area contributed by atoms with E-state index in [1.54, 1.807) is 6.20 Å². The molecule has 116 valence electrons. The number of nitrogens with one attached hydrogen (secondary N) is 3. The SMILES string of the molecule is CCCN(CC(=O)NNc1ccccn1)C1CCCNC1. The number of carbonyl (C=O) groups is 1. The van der Waals surface area contributed by atoms with Crippen LogP contribution in [0.1, 0.15) is 26.2 Å². The molecule has 0 spiro atoms. The fourth-order valence-corrected chi connectivity index (χ4v) is 2.62. The standard InChI is InChI=1S/C15H25N5O/c1-2-10-20(13-6-5-8-16-11-13)12-15(21)19-18-14-7-3-4-9-17-14/h3-4,7,9,13,16H,2,5-6,8,10-12H2,1H3,(H,17,18)(H,19,21). The number of hydrazine groups is 1. The van der Waals surface area contributed by atoms with Gasteiger partial charge in [0.1, 0.15) is 5.82 Å². The summed E-state index contributed by atoms with van der Waals surface area (Å²) in [5, 5.41) is 3.41. The Morgan fingerprint density at radius 1 is 1.52 bits per heavy atom. The van der Waals surface area contributed by atoms with Gasteiger partial charge in [-0.05, 0) is 44.5 Å². The lowest BCUT2D eigenvalue weighted by Crippen LogP contribution is -2.50. The van der Waals surface area contributed by atoms with Crippen molar-refractivity contribution in [3.8, 4) is 0 Å². The molecule has 1 fully saturated rings. The normalized spacial score (nSPS) is 18.5. The lowest BCUT2D eigenvalue weighted by molar-refractivity contribution is -0.122. The van der Waals surface area contributed by atoms with Crippen molar-refractivity contribution >= 4 is 11.7 Å². The molecule has 0 saturated carbocycles. The maximum absolute atomic E-state index is 12.1. The summed E-state index contributed by atoms with van der Waals surface area (Å²) in [6, 6.07) is 5.99. The maximum Gasteiger partial charge on any atom is 0.252 e. The van der Waals surface area contributed by atoms with E-state index in [-0.39, 0.29) is 5.91 Å². The number of nitrogens with zero attached hydrogens (tertiary/aromatic N) is 2. The van der Waals surface area contributed by atoms with E-state index in [1.807, 2.05) is 18.2 Å². The van der Waals surface area contributed by atoms with Crippen molar-refractivity contribution in [3.63, 3.8) is 0 Å². The number of rotatable bonds is 7. The highest BCUT2D eigenvalue weighted by molar-refractivity contribution is 5.79. The Morgan fingerprint density at radius 2 is 2.43 bits per heavy atom. The summed E-state index contributed by atoms with van der Waals surface area (Å²) in [6.45, 7) is 5.57. The second-order valence-electron chi connectivity index (χ2n) is 5.36. The van der Waals surface area contributed by atoms with Gasteiger partial charge >= 0.3 is 0 Å². The minimum Gasteiger partial charge on any atom is -0.315 e. The molecule has 1 atom stereocenters. The summed E-state index contributed by atoms with van der Waals surface area (Å²) >= 11 is 0. The van der Waals surface area contributed by atoms with Crippen molar-refractivity contribution in [1.29, 1.82) is 0 Å². The monoisotopic (exact) mass is 291 g/mol. The number of aromatic nitrogens is 1. The molecule has 1 saturated heterocycles. The van der Waals surface area contributed by atoms with E-state index in [0.29, 0.717) is 18.4 Å². The molecule has 1 aromatic heterocycles. The van der Waals surface area contributed by atoms with Crippen LogP contribution in [0.4, 0.5) is 5.82 Å². The molecule has 2 rings (SSSR count). The Kier molecular flexibility index (Phi) is 6.43. The third kappa shape index (κ3) is 5.32. The van der Waals surface area contributed by atoms with E-state index < -0.39 is 0 Å². The van der Waals surface area contributed by atoms with Gasteiger partial charge in [-0.3, -0.25) is 20.5 Å². The van der Waals surface area contributed by atoms with E-state index in [9.17, 15) is 4.79 Å². The van der Waals surface area contributed by atoms with Crippen LogP contribution in [0.15, 0.2) is 24.4 Å². The highest BCUT2D eigenvalue weighted by Crippen LogP contribution is 2.10. The molecule has 1 unspecified atom stereocenters. The highest BCUT2D eigenvalue weighted by atomic mass is 16.2. The lowest BCUT2D eigenvalue weighted by Gasteiger charge is -2.34. The predicted molar refractivity (Wildman–Crippen MR) is 83.8 cm³/mol. The zero-order valence-electron chi connectivity index (χ0n) is 12.6. The average Bonchev–Trinajstić information content (AvgIpc) is 2.54. The quantitative estimate of drug-likeness (QED) is 0.654. The Morgan fingerprint density at radius 3 is 3.10 bits per heavy atom. The topological polar surface area (TPSA) is 69.3 Å². The minimum atomic E-state index is -0.0281. The number of piperidine rings is 1. The van der Waals surface area contributed by atoms with Gasteiger partial charge < -0.3 is 5.32 Å². The molecule has 1 amide bonds. The molecule has 0 radical (unpaired) electrons. The Balaban J connectivity index is 1.80. The third-order valence-electron chi connectivity index (χ3n) is 3.64. The van der Waals surface area contributed by atoms with E-state index in [1.165, 1.54) is 6.42 Å². The fraction of sp³-hybridized carbons (Fsp3) is 0.600. The van der Waals surface area contributed by atoms with Gasteiger partial charge in [0.2, 0.25) is 0 Å². The molecule has 2 heterocycles. The third-order valence-corrected chi connectivity index (χ3v) is 3.64. The Bertz CT molecular complexity index is 419. The molecule has 1 aliphatic heterocycles. The highest BCUT2D eigenvalue weighted by Gasteiger charge is 2.22. The number of pyridine rings is 1. The molecule has 3 N–H and O–H groups in total. The summed E-state index contributed by atoms with van der Waals surface area (Å²) in [6.07, 6.45) is 5.08. The van der Waals surface area contributed by atoms with Gasteiger partial charge in [0.05, 0.1) is 6.54 Å². The van der Waals surface area contributed by atoms with Gasteiger partial charge in [-0.2, -0.15) is 0 Å². The second-order valence-corrected chi connectivity index (χ2v) is 5.36. The van der Waals surface area contributed by atoms with Crippen LogP contribution in [0.3, 0.4) is 0 Å². The lowest BCUT2D eigenvalue weighted by atomic mass is 10.1. The predicted octanol–water partition coefficient (Wildman–Crippen LogP) is 0.989. The summed E-state index contributed by atoms with van der Waals surface area (Å²) in [5.41, 5.74) is 5.56. The summed E-state index contributed by atoms with van der Waals surface area (Å²) in [5.74, 6) is 0.618. The van der Waals surface area contributed by atoms with E-state index >= 15 is 0 Å². The first-order chi connectivity index (χ1) is 10.3. The van der Waals surface area contributed by atoms with Gasteiger partial charge in [-0.25, -0.2) is 4.98 Å². The van der Waals surface area contributed by atoms with Crippen LogP contribution < -0.4 is 16.2 Å². The van der Waals surface area contributed by atoms with Crippen LogP contribution in [0.2, 0.25) is 0 Å². The van der Waals surface area contributed by atoms with Crippen molar-refractivity contribution in [2.75, 3.05) is 31.6 Å². The van der Waals surface area contributed by atoms with E-state index in [4.69, 9.17) is 0 Å². The fourth-order valence-electron chi connectivity index (χ4n) is 2.62. The van der Waals surface area contributed by atoms with Gasteiger partial charge in [0.25, 0.3) is 5.91 Å². The van der Waals surface area contributed by atoms with Gasteiger partial charge in [-0.15, -0.1) is 0 Å². The minimum absolute atomic E-state index is 0.0281. The summed E-state index contributed by atoms with van der Waals surface area (Å²) in [7, 11) is 0. The van der Waals surface area contributed by atoms with Crippen LogP contribution in [0, 0.1) is 0 Å². The molecule has 21 heavy (non-hydrogen) atoms. The van der Waals surface area contributed by atoms with Crippen molar-refractivity contribution < 1.29 is 4.79 Å². The number of carbonyl (C=O) groups excluding carboxylic acids is 1. The van der Waals surface area contributed by atoms with Gasteiger partial charge in [0.15, 0.2) is 0 Å². The Labute approximate surface area is 126 Å². The van der Waals surface area contributed by atoms with Crippen LogP contribution in [-0.2, 0) is 4.79 Å².